The fourth-order valence-electron chi connectivity index (χ4n) is 3.93. The number of ether oxygens (including phenoxy) is 2. The van der Waals surface area contributed by atoms with Gasteiger partial charge in [-0.25, -0.2) is 4.39 Å². The van der Waals surface area contributed by atoms with Crippen molar-refractivity contribution < 1.29 is 18.7 Å². The van der Waals surface area contributed by atoms with Gasteiger partial charge in [-0.2, -0.15) is 0 Å². The number of rotatable bonds is 10. The SMILES string of the molecule is CCOC(=O)C(CC(N)Cc1ccc(-c2cc(Cl)ccc2F)cc1)CN1CC(OC)C1. The van der Waals surface area contributed by atoms with Gasteiger partial charge in [-0.15, -0.1) is 0 Å². The second-order valence-corrected chi connectivity index (χ2v) is 8.48. The molecule has 0 bridgehead atoms. The summed E-state index contributed by atoms with van der Waals surface area (Å²) in [5.74, 6) is -0.786. The third kappa shape index (κ3) is 6.50. The molecule has 0 aliphatic carbocycles. The fourth-order valence-corrected chi connectivity index (χ4v) is 4.10. The molecule has 1 aliphatic rings. The zero-order valence-corrected chi connectivity index (χ0v) is 18.8. The maximum absolute atomic E-state index is 14.1. The predicted octanol–water partition coefficient (Wildman–Crippen LogP) is 3.92. The molecule has 1 heterocycles. The molecule has 2 aromatic rings. The molecule has 0 spiro atoms. The number of esters is 1. The minimum atomic E-state index is -0.312. The quantitative estimate of drug-likeness (QED) is 0.558. The van der Waals surface area contributed by atoms with Gasteiger partial charge in [0.15, 0.2) is 0 Å². The third-order valence-corrected chi connectivity index (χ3v) is 5.87. The van der Waals surface area contributed by atoms with E-state index in [9.17, 15) is 9.18 Å². The summed E-state index contributed by atoms with van der Waals surface area (Å²) < 4.78 is 24.7. The Kier molecular flexibility index (Phi) is 8.43. The molecule has 0 saturated carbocycles. The monoisotopic (exact) mass is 448 g/mol. The third-order valence-electron chi connectivity index (χ3n) is 5.63. The predicted molar refractivity (Wildman–Crippen MR) is 121 cm³/mol. The van der Waals surface area contributed by atoms with Crippen LogP contribution in [0.5, 0.6) is 0 Å². The van der Waals surface area contributed by atoms with Gasteiger partial charge < -0.3 is 15.2 Å². The first-order valence-corrected chi connectivity index (χ1v) is 11.0. The van der Waals surface area contributed by atoms with Crippen LogP contribution < -0.4 is 5.73 Å². The van der Waals surface area contributed by atoms with E-state index < -0.39 is 0 Å². The minimum Gasteiger partial charge on any atom is -0.466 e. The number of methoxy groups -OCH3 is 1. The molecule has 1 saturated heterocycles. The molecule has 168 valence electrons. The van der Waals surface area contributed by atoms with E-state index in [1.807, 2.05) is 31.2 Å². The van der Waals surface area contributed by atoms with Crippen LogP contribution in [0.25, 0.3) is 11.1 Å². The number of halogens is 2. The Bertz CT molecular complexity index is 872. The zero-order chi connectivity index (χ0) is 22.4. The summed E-state index contributed by atoms with van der Waals surface area (Å²) in [7, 11) is 1.70. The van der Waals surface area contributed by atoms with Gasteiger partial charge in [-0.3, -0.25) is 9.69 Å². The van der Waals surface area contributed by atoms with Crippen molar-refractivity contribution in [3.8, 4) is 11.1 Å². The van der Waals surface area contributed by atoms with E-state index >= 15 is 0 Å². The number of likely N-dealkylation sites (tertiary alicyclic amines) is 1. The van der Waals surface area contributed by atoms with Crippen molar-refractivity contribution in [2.75, 3.05) is 33.4 Å². The Hall–Kier alpha value is -1.99. The minimum absolute atomic E-state index is 0.192. The lowest BCUT2D eigenvalue weighted by Gasteiger charge is -2.39. The second-order valence-electron chi connectivity index (χ2n) is 8.05. The molecular weight excluding hydrogens is 419 g/mol. The maximum atomic E-state index is 14.1. The van der Waals surface area contributed by atoms with Crippen LogP contribution in [0.3, 0.4) is 0 Å². The zero-order valence-electron chi connectivity index (χ0n) is 18.0. The largest absolute Gasteiger partial charge is 0.466 e. The number of hydrogen-bond donors (Lipinski definition) is 1. The van der Waals surface area contributed by atoms with Gasteiger partial charge in [0, 0.05) is 43.4 Å². The van der Waals surface area contributed by atoms with E-state index in [-0.39, 0.29) is 29.9 Å². The highest BCUT2D eigenvalue weighted by Crippen LogP contribution is 2.27. The van der Waals surface area contributed by atoms with E-state index in [4.69, 9.17) is 26.8 Å². The summed E-state index contributed by atoms with van der Waals surface area (Å²) in [5.41, 5.74) is 8.65. The summed E-state index contributed by atoms with van der Waals surface area (Å²) in [6.45, 7) is 4.43. The smallest absolute Gasteiger partial charge is 0.310 e. The fraction of sp³-hybridized carbons (Fsp3) is 0.458. The molecule has 0 aromatic heterocycles. The highest BCUT2D eigenvalue weighted by molar-refractivity contribution is 6.30. The Morgan fingerprint density at radius 1 is 1.26 bits per heavy atom. The molecule has 1 aliphatic heterocycles. The number of carbonyl (C=O) groups is 1. The Labute approximate surface area is 188 Å². The number of nitrogens with two attached hydrogens (primary N) is 1. The maximum Gasteiger partial charge on any atom is 0.310 e. The van der Waals surface area contributed by atoms with E-state index in [2.05, 4.69) is 4.90 Å². The van der Waals surface area contributed by atoms with Gasteiger partial charge in [0.2, 0.25) is 0 Å². The molecule has 5 nitrogen and oxygen atoms in total. The molecule has 2 N–H and O–H groups in total. The lowest BCUT2D eigenvalue weighted by Crippen LogP contribution is -2.54. The van der Waals surface area contributed by atoms with Crippen molar-refractivity contribution in [3.05, 3.63) is 58.9 Å². The molecular formula is C24H30ClFN2O3. The molecule has 2 unspecified atom stereocenters. The van der Waals surface area contributed by atoms with E-state index in [0.29, 0.717) is 36.6 Å². The van der Waals surface area contributed by atoms with Crippen molar-refractivity contribution in [2.45, 2.75) is 31.9 Å². The van der Waals surface area contributed by atoms with Crippen molar-refractivity contribution in [1.29, 1.82) is 0 Å². The molecule has 2 atom stereocenters. The van der Waals surface area contributed by atoms with Crippen LogP contribution in [-0.2, 0) is 20.7 Å². The number of hydrogen-bond acceptors (Lipinski definition) is 5. The summed E-state index contributed by atoms with van der Waals surface area (Å²) in [5, 5.41) is 0.492. The van der Waals surface area contributed by atoms with Crippen LogP contribution >= 0.6 is 11.6 Å². The first-order valence-electron chi connectivity index (χ1n) is 10.6. The van der Waals surface area contributed by atoms with E-state index in [0.717, 1.165) is 24.2 Å². The van der Waals surface area contributed by atoms with Crippen molar-refractivity contribution >= 4 is 17.6 Å². The van der Waals surface area contributed by atoms with Gasteiger partial charge in [0.25, 0.3) is 0 Å². The number of nitrogens with zero attached hydrogens (tertiary/aromatic N) is 1. The topological polar surface area (TPSA) is 64.8 Å². The van der Waals surface area contributed by atoms with Gasteiger partial charge >= 0.3 is 5.97 Å². The van der Waals surface area contributed by atoms with Crippen LogP contribution in [0.4, 0.5) is 4.39 Å². The molecule has 3 rings (SSSR count). The number of benzene rings is 2. The second kappa shape index (κ2) is 11.0. The highest BCUT2D eigenvalue weighted by Gasteiger charge is 2.32. The molecule has 7 heteroatoms. The van der Waals surface area contributed by atoms with E-state index in [1.165, 1.54) is 12.1 Å². The average Bonchev–Trinajstić information content (AvgIpc) is 2.72. The standard InChI is InChI=1S/C24H30ClFN2O3/c1-3-31-24(29)18(13-28-14-21(15-28)30-2)11-20(27)10-16-4-6-17(7-5-16)22-12-19(25)8-9-23(22)26/h4-9,12,18,20-21H,3,10-11,13-15,27H2,1-2H3. The Morgan fingerprint density at radius 2 is 1.97 bits per heavy atom. The van der Waals surface area contributed by atoms with E-state index in [1.54, 1.807) is 13.2 Å². The van der Waals surface area contributed by atoms with Crippen molar-refractivity contribution in [1.82, 2.24) is 4.90 Å². The lowest BCUT2D eigenvalue weighted by atomic mass is 9.93. The van der Waals surface area contributed by atoms with Crippen LogP contribution in [0, 0.1) is 11.7 Å². The molecule has 31 heavy (non-hydrogen) atoms. The van der Waals surface area contributed by atoms with Gasteiger partial charge in [-0.1, -0.05) is 35.9 Å². The van der Waals surface area contributed by atoms with Gasteiger partial charge in [-0.05, 0) is 49.1 Å². The summed E-state index contributed by atoms with van der Waals surface area (Å²) >= 11 is 6.00. The van der Waals surface area contributed by atoms with Gasteiger partial charge in [0.05, 0.1) is 18.6 Å². The summed E-state index contributed by atoms with van der Waals surface area (Å²) in [4.78, 5) is 14.6. The molecule has 1 fully saturated rings. The normalized spacial score (nSPS) is 16.5. The van der Waals surface area contributed by atoms with Crippen molar-refractivity contribution in [2.24, 2.45) is 11.7 Å². The first kappa shape index (κ1) is 23.7. The van der Waals surface area contributed by atoms with Crippen LogP contribution in [0.1, 0.15) is 18.9 Å². The Morgan fingerprint density at radius 3 is 2.61 bits per heavy atom. The van der Waals surface area contributed by atoms with Crippen LogP contribution in [0.15, 0.2) is 42.5 Å². The highest BCUT2D eigenvalue weighted by atomic mass is 35.5. The summed E-state index contributed by atoms with van der Waals surface area (Å²) in [6, 6.07) is 11.9. The average molecular weight is 449 g/mol. The lowest BCUT2D eigenvalue weighted by molar-refractivity contribution is -0.150. The van der Waals surface area contributed by atoms with Crippen molar-refractivity contribution in [3.63, 3.8) is 0 Å². The molecule has 2 aromatic carbocycles. The molecule has 0 radical (unpaired) electrons. The first-order chi connectivity index (χ1) is 14.9. The van der Waals surface area contributed by atoms with Crippen LogP contribution in [-0.4, -0.2) is 56.4 Å². The Balaban J connectivity index is 1.60. The van der Waals surface area contributed by atoms with Crippen LogP contribution in [0.2, 0.25) is 5.02 Å². The number of carbonyl (C=O) groups excluding carboxylic acids is 1. The molecule has 0 amide bonds. The van der Waals surface area contributed by atoms with Gasteiger partial charge in [0.1, 0.15) is 5.82 Å². The summed E-state index contributed by atoms with van der Waals surface area (Å²) in [6.07, 6.45) is 1.39.